The van der Waals surface area contributed by atoms with Crippen LogP contribution in [0.1, 0.15) is 10.5 Å². The summed E-state index contributed by atoms with van der Waals surface area (Å²) in [6, 6.07) is 5.49. The molecule has 3 aromatic heterocycles. The van der Waals surface area contributed by atoms with Gasteiger partial charge in [0.2, 0.25) is 0 Å². The molecule has 18 heavy (non-hydrogen) atoms. The molecule has 0 saturated carbocycles. The Morgan fingerprint density at radius 2 is 2.28 bits per heavy atom. The van der Waals surface area contributed by atoms with Gasteiger partial charge in [0.1, 0.15) is 11.3 Å². The summed E-state index contributed by atoms with van der Waals surface area (Å²) in [6.45, 7) is 0. The van der Waals surface area contributed by atoms with Gasteiger partial charge in [0, 0.05) is 17.1 Å². The number of hydrogen-bond donors (Lipinski definition) is 2. The Balaban J connectivity index is 2.10. The Morgan fingerprint density at radius 3 is 3.00 bits per heavy atom. The predicted octanol–water partition coefficient (Wildman–Crippen LogP) is 1.74. The topological polar surface area (TPSA) is 83.7 Å². The van der Waals surface area contributed by atoms with Crippen molar-refractivity contribution < 1.29 is 9.53 Å². The van der Waals surface area contributed by atoms with Gasteiger partial charge in [0.05, 0.1) is 19.0 Å². The van der Waals surface area contributed by atoms with E-state index in [-0.39, 0.29) is 0 Å². The molecule has 3 aromatic rings. The maximum Gasteiger partial charge on any atom is 0.354 e. The van der Waals surface area contributed by atoms with Gasteiger partial charge in [-0.1, -0.05) is 0 Å². The van der Waals surface area contributed by atoms with E-state index in [1.807, 2.05) is 12.1 Å². The van der Waals surface area contributed by atoms with Crippen LogP contribution in [-0.2, 0) is 4.74 Å². The van der Waals surface area contributed by atoms with Crippen LogP contribution in [0.2, 0.25) is 0 Å². The van der Waals surface area contributed by atoms with Crippen molar-refractivity contribution in [2.75, 3.05) is 7.11 Å². The number of pyridine rings is 1. The minimum Gasteiger partial charge on any atom is -0.464 e. The van der Waals surface area contributed by atoms with E-state index in [9.17, 15) is 4.79 Å². The lowest BCUT2D eigenvalue weighted by molar-refractivity contribution is 0.0595. The normalized spacial score (nSPS) is 10.7. The number of aromatic amines is 2. The summed E-state index contributed by atoms with van der Waals surface area (Å²) >= 11 is 0. The summed E-state index contributed by atoms with van der Waals surface area (Å²) in [7, 11) is 1.35. The van der Waals surface area contributed by atoms with Gasteiger partial charge in [0.25, 0.3) is 0 Å². The van der Waals surface area contributed by atoms with E-state index < -0.39 is 5.97 Å². The number of carbonyl (C=O) groups excluding carboxylic acids is 1. The van der Waals surface area contributed by atoms with Crippen molar-refractivity contribution in [3.05, 3.63) is 36.3 Å². The van der Waals surface area contributed by atoms with Crippen LogP contribution >= 0.6 is 0 Å². The minimum atomic E-state index is -0.405. The molecule has 6 heteroatoms. The molecule has 0 atom stereocenters. The first-order valence-electron chi connectivity index (χ1n) is 5.35. The first-order chi connectivity index (χ1) is 8.78. The number of methoxy groups -OCH3 is 1. The number of nitrogens with one attached hydrogen (secondary N) is 2. The molecule has 3 rings (SSSR count). The van der Waals surface area contributed by atoms with Crippen LogP contribution in [0.25, 0.3) is 22.3 Å². The van der Waals surface area contributed by atoms with E-state index in [1.165, 1.54) is 7.11 Å². The second kappa shape index (κ2) is 3.99. The molecule has 0 radical (unpaired) electrons. The van der Waals surface area contributed by atoms with Crippen molar-refractivity contribution in [1.29, 1.82) is 0 Å². The Hall–Kier alpha value is -2.63. The lowest BCUT2D eigenvalue weighted by Gasteiger charge is -1.95. The molecule has 0 bridgehead atoms. The number of nitrogens with zero attached hydrogens (tertiary/aromatic N) is 2. The van der Waals surface area contributed by atoms with Gasteiger partial charge in [-0.2, -0.15) is 5.10 Å². The van der Waals surface area contributed by atoms with Crippen molar-refractivity contribution >= 4 is 17.0 Å². The fourth-order valence-electron chi connectivity index (χ4n) is 1.78. The highest BCUT2D eigenvalue weighted by Crippen LogP contribution is 2.20. The number of H-pyrrole nitrogens is 2. The number of esters is 1. The van der Waals surface area contributed by atoms with E-state index in [0.717, 1.165) is 16.6 Å². The summed E-state index contributed by atoms with van der Waals surface area (Å²) in [6.07, 6.45) is 3.46. The van der Waals surface area contributed by atoms with Crippen LogP contribution in [0, 0.1) is 0 Å². The summed E-state index contributed by atoms with van der Waals surface area (Å²) in [5.41, 5.74) is 2.72. The Kier molecular flexibility index (Phi) is 2.33. The zero-order chi connectivity index (χ0) is 12.5. The lowest BCUT2D eigenvalue weighted by Crippen LogP contribution is -2.00. The van der Waals surface area contributed by atoms with Crippen molar-refractivity contribution in [3.8, 4) is 11.3 Å². The number of hydrogen-bond acceptors (Lipinski definition) is 4. The van der Waals surface area contributed by atoms with E-state index in [2.05, 4.69) is 24.9 Å². The van der Waals surface area contributed by atoms with E-state index in [1.54, 1.807) is 18.5 Å². The van der Waals surface area contributed by atoms with Gasteiger partial charge in [0.15, 0.2) is 0 Å². The molecular formula is C12H10N4O2. The molecule has 0 fully saturated rings. The highest BCUT2D eigenvalue weighted by molar-refractivity contribution is 5.94. The van der Waals surface area contributed by atoms with Crippen LogP contribution < -0.4 is 0 Å². The van der Waals surface area contributed by atoms with Crippen LogP contribution in [0.4, 0.5) is 0 Å². The van der Waals surface area contributed by atoms with E-state index in [0.29, 0.717) is 11.3 Å². The quantitative estimate of drug-likeness (QED) is 0.670. The monoisotopic (exact) mass is 242 g/mol. The van der Waals surface area contributed by atoms with E-state index >= 15 is 0 Å². The average molecular weight is 242 g/mol. The molecule has 90 valence electrons. The molecule has 3 heterocycles. The Morgan fingerprint density at radius 1 is 1.39 bits per heavy atom. The lowest BCUT2D eigenvalue weighted by atomic mass is 10.2. The van der Waals surface area contributed by atoms with Crippen LogP contribution in [0.15, 0.2) is 30.6 Å². The smallest absolute Gasteiger partial charge is 0.354 e. The summed E-state index contributed by atoms with van der Waals surface area (Å²) in [5, 5.41) is 7.47. The fourth-order valence-corrected chi connectivity index (χ4v) is 1.78. The molecule has 6 nitrogen and oxygen atoms in total. The van der Waals surface area contributed by atoms with Crippen molar-refractivity contribution in [3.63, 3.8) is 0 Å². The van der Waals surface area contributed by atoms with Crippen LogP contribution in [0.3, 0.4) is 0 Å². The third-order valence-electron chi connectivity index (χ3n) is 2.68. The number of aromatic nitrogens is 4. The van der Waals surface area contributed by atoms with Crippen molar-refractivity contribution in [2.45, 2.75) is 0 Å². The fraction of sp³-hybridized carbons (Fsp3) is 0.0833. The third-order valence-corrected chi connectivity index (χ3v) is 2.68. The Labute approximate surface area is 102 Å². The SMILES string of the molecule is COC(=O)c1cc2ccc(-c3cn[nH]c3)nc2[nH]1. The minimum absolute atomic E-state index is 0.393. The van der Waals surface area contributed by atoms with Gasteiger partial charge < -0.3 is 9.72 Å². The molecule has 0 aliphatic heterocycles. The van der Waals surface area contributed by atoms with Crippen molar-refractivity contribution in [1.82, 2.24) is 20.2 Å². The maximum atomic E-state index is 11.4. The third kappa shape index (κ3) is 1.64. The predicted molar refractivity (Wildman–Crippen MR) is 65.0 cm³/mol. The molecule has 0 aliphatic rings. The van der Waals surface area contributed by atoms with Gasteiger partial charge in [-0.05, 0) is 18.2 Å². The number of ether oxygens (including phenoxy) is 1. The average Bonchev–Trinajstić information content (AvgIpc) is 3.05. The van der Waals surface area contributed by atoms with Gasteiger partial charge >= 0.3 is 5.97 Å². The summed E-state index contributed by atoms with van der Waals surface area (Å²) in [4.78, 5) is 18.8. The van der Waals surface area contributed by atoms with Gasteiger partial charge in [-0.25, -0.2) is 9.78 Å². The zero-order valence-corrected chi connectivity index (χ0v) is 9.60. The zero-order valence-electron chi connectivity index (χ0n) is 9.60. The Bertz CT molecular complexity index is 700. The standard InChI is InChI=1S/C12H10N4O2/c1-18-12(17)10-4-7-2-3-9(15-11(7)16-10)8-5-13-14-6-8/h2-6H,1H3,(H,13,14)(H,15,16). The first-order valence-corrected chi connectivity index (χ1v) is 5.35. The van der Waals surface area contributed by atoms with E-state index in [4.69, 9.17) is 0 Å². The molecule has 0 unspecified atom stereocenters. The molecule has 0 spiro atoms. The second-order valence-corrected chi connectivity index (χ2v) is 3.80. The number of carbonyl (C=O) groups is 1. The van der Waals surface area contributed by atoms with Crippen molar-refractivity contribution in [2.24, 2.45) is 0 Å². The summed E-state index contributed by atoms with van der Waals surface area (Å²) < 4.78 is 4.66. The van der Waals surface area contributed by atoms with Crippen LogP contribution in [0.5, 0.6) is 0 Å². The highest BCUT2D eigenvalue weighted by Gasteiger charge is 2.11. The largest absolute Gasteiger partial charge is 0.464 e. The second-order valence-electron chi connectivity index (χ2n) is 3.80. The van der Waals surface area contributed by atoms with Gasteiger partial charge in [-0.3, -0.25) is 5.10 Å². The van der Waals surface area contributed by atoms with Gasteiger partial charge in [-0.15, -0.1) is 0 Å². The molecule has 0 aromatic carbocycles. The number of fused-ring (bicyclic) bond motifs is 1. The first kappa shape index (κ1) is 10.5. The highest BCUT2D eigenvalue weighted by atomic mass is 16.5. The molecule has 0 aliphatic carbocycles. The molecule has 0 saturated heterocycles. The molecule has 2 N–H and O–H groups in total. The number of rotatable bonds is 2. The van der Waals surface area contributed by atoms with Crippen LogP contribution in [-0.4, -0.2) is 33.2 Å². The molecular weight excluding hydrogens is 232 g/mol. The maximum absolute atomic E-state index is 11.4. The molecule has 0 amide bonds. The summed E-state index contributed by atoms with van der Waals surface area (Å²) in [5.74, 6) is -0.405.